The molecule has 0 aliphatic rings. The number of carbonyl (C=O) groups excluding carboxylic acids is 4. The molecule has 0 spiro atoms. The number of benzene rings is 3. The number of nitrogens with two attached hydrogens (primary N) is 1. The van der Waals surface area contributed by atoms with Gasteiger partial charge in [0.15, 0.2) is 0 Å². The van der Waals surface area contributed by atoms with Gasteiger partial charge in [0.25, 0.3) is 5.91 Å². The molecule has 3 unspecified atom stereocenters. The summed E-state index contributed by atoms with van der Waals surface area (Å²) in [6.07, 6.45) is -0.460. The van der Waals surface area contributed by atoms with Crippen LogP contribution in [0.25, 0.3) is 10.8 Å². The Kier molecular flexibility index (Phi) is 10.9. The van der Waals surface area contributed by atoms with E-state index in [1.807, 2.05) is 88.4 Å². The van der Waals surface area contributed by atoms with Gasteiger partial charge in [0.2, 0.25) is 11.8 Å². The third kappa shape index (κ3) is 9.04. The fourth-order valence-electron chi connectivity index (χ4n) is 4.92. The molecule has 0 aliphatic carbocycles. The van der Waals surface area contributed by atoms with E-state index in [1.165, 1.54) is 4.90 Å². The van der Waals surface area contributed by atoms with Crippen molar-refractivity contribution in [3.8, 4) is 0 Å². The topological polar surface area (TPSA) is 131 Å². The van der Waals surface area contributed by atoms with Gasteiger partial charge in [-0.1, -0.05) is 61.0 Å². The summed E-state index contributed by atoms with van der Waals surface area (Å²) < 4.78 is 5.42. The molecule has 3 atom stereocenters. The van der Waals surface area contributed by atoms with E-state index in [4.69, 9.17) is 10.5 Å². The standard InChI is InChI=1S/C34H44N4O5/c1-8-23(4)38(32(41)28(17-18-29(35)39)37-33(42)43-34(5,6)7)30(27-19-21(2)13-14-22(27)3)31(40)36-26-16-15-24-11-9-10-12-25(24)20-26/h9-16,19-20,23,28,30H,8,17-18H2,1-7H3,(H2,35,39)(H,36,40)(H,37,42). The van der Waals surface area contributed by atoms with Crippen molar-refractivity contribution in [2.75, 3.05) is 5.32 Å². The number of alkyl carbamates (subject to hydrolysis) is 1. The number of fused-ring (bicyclic) bond motifs is 1. The monoisotopic (exact) mass is 588 g/mol. The molecule has 4 N–H and O–H groups in total. The van der Waals surface area contributed by atoms with Gasteiger partial charge in [-0.05, 0) is 88.4 Å². The number of anilines is 1. The molecule has 0 bridgehead atoms. The number of hydrogen-bond acceptors (Lipinski definition) is 5. The molecule has 9 heteroatoms. The molecule has 0 saturated carbocycles. The average Bonchev–Trinajstić information content (AvgIpc) is 2.93. The molecule has 0 aliphatic heterocycles. The van der Waals surface area contributed by atoms with Crippen molar-refractivity contribution in [2.45, 2.75) is 91.5 Å². The molecular weight excluding hydrogens is 544 g/mol. The van der Waals surface area contributed by atoms with E-state index in [2.05, 4.69) is 10.6 Å². The summed E-state index contributed by atoms with van der Waals surface area (Å²) in [5, 5.41) is 7.67. The van der Waals surface area contributed by atoms with Crippen molar-refractivity contribution in [1.82, 2.24) is 10.2 Å². The molecule has 0 radical (unpaired) electrons. The molecule has 3 rings (SSSR count). The van der Waals surface area contributed by atoms with Crippen LogP contribution in [0.4, 0.5) is 10.5 Å². The fourth-order valence-corrected chi connectivity index (χ4v) is 4.92. The molecule has 230 valence electrons. The number of carbonyl (C=O) groups is 4. The van der Waals surface area contributed by atoms with Crippen LogP contribution in [-0.4, -0.2) is 46.4 Å². The Morgan fingerprint density at radius 3 is 2.26 bits per heavy atom. The summed E-state index contributed by atoms with van der Waals surface area (Å²) in [7, 11) is 0. The first-order valence-electron chi connectivity index (χ1n) is 14.7. The summed E-state index contributed by atoms with van der Waals surface area (Å²) >= 11 is 0. The zero-order chi connectivity index (χ0) is 31.9. The fraction of sp³-hybridized carbons (Fsp3) is 0.412. The maximum Gasteiger partial charge on any atom is 0.408 e. The molecule has 3 aromatic carbocycles. The number of nitrogens with zero attached hydrogens (tertiary/aromatic N) is 1. The molecule has 3 aromatic rings. The lowest BCUT2D eigenvalue weighted by Crippen LogP contribution is -2.55. The van der Waals surface area contributed by atoms with Gasteiger partial charge in [-0.25, -0.2) is 4.79 Å². The number of ether oxygens (including phenoxy) is 1. The second-order valence-corrected chi connectivity index (χ2v) is 12.0. The van der Waals surface area contributed by atoms with Crippen LogP contribution in [0.1, 0.15) is 76.6 Å². The van der Waals surface area contributed by atoms with Crippen molar-refractivity contribution in [3.05, 3.63) is 77.4 Å². The van der Waals surface area contributed by atoms with Crippen LogP contribution in [0, 0.1) is 13.8 Å². The van der Waals surface area contributed by atoms with Crippen molar-refractivity contribution in [2.24, 2.45) is 5.73 Å². The summed E-state index contributed by atoms with van der Waals surface area (Å²) in [4.78, 5) is 54.8. The van der Waals surface area contributed by atoms with Crippen LogP contribution >= 0.6 is 0 Å². The smallest absolute Gasteiger partial charge is 0.408 e. The minimum absolute atomic E-state index is 0.0494. The first-order chi connectivity index (χ1) is 20.2. The SMILES string of the molecule is CCC(C)N(C(=O)C(CCC(N)=O)NC(=O)OC(C)(C)C)C(C(=O)Nc1ccc2ccccc2c1)c1cc(C)ccc1C. The Bertz CT molecular complexity index is 1480. The number of hydrogen-bond donors (Lipinski definition) is 3. The maximum absolute atomic E-state index is 14.4. The second kappa shape index (κ2) is 14.2. The molecule has 0 saturated heterocycles. The predicted molar refractivity (Wildman–Crippen MR) is 169 cm³/mol. The molecule has 9 nitrogen and oxygen atoms in total. The van der Waals surface area contributed by atoms with Crippen LogP contribution in [0.5, 0.6) is 0 Å². The van der Waals surface area contributed by atoms with E-state index in [0.29, 0.717) is 17.7 Å². The van der Waals surface area contributed by atoms with Crippen LogP contribution in [0.2, 0.25) is 0 Å². The summed E-state index contributed by atoms with van der Waals surface area (Å²) in [6, 6.07) is 16.7. The zero-order valence-electron chi connectivity index (χ0n) is 26.2. The first kappa shape index (κ1) is 33.1. The van der Waals surface area contributed by atoms with Crippen molar-refractivity contribution >= 4 is 40.3 Å². The number of amides is 4. The van der Waals surface area contributed by atoms with Crippen molar-refractivity contribution < 1.29 is 23.9 Å². The third-order valence-corrected chi connectivity index (χ3v) is 7.26. The number of nitrogens with one attached hydrogen (secondary N) is 2. The highest BCUT2D eigenvalue weighted by molar-refractivity contribution is 6.00. The number of aryl methyl sites for hydroxylation is 2. The van der Waals surface area contributed by atoms with E-state index in [1.54, 1.807) is 20.8 Å². The lowest BCUT2D eigenvalue weighted by molar-refractivity contribution is -0.143. The highest BCUT2D eigenvalue weighted by atomic mass is 16.6. The Morgan fingerprint density at radius 2 is 1.63 bits per heavy atom. The summed E-state index contributed by atoms with van der Waals surface area (Å²) in [5.41, 5.74) is 7.63. The van der Waals surface area contributed by atoms with Gasteiger partial charge in [0.1, 0.15) is 17.7 Å². The summed E-state index contributed by atoms with van der Waals surface area (Å²) in [6.45, 7) is 12.7. The lowest BCUT2D eigenvalue weighted by atomic mass is 9.94. The number of rotatable bonds is 11. The van der Waals surface area contributed by atoms with Crippen LogP contribution < -0.4 is 16.4 Å². The molecule has 0 heterocycles. The number of primary amides is 1. The summed E-state index contributed by atoms with van der Waals surface area (Å²) in [5.74, 6) is -1.52. The molecular formula is C34H44N4O5. The van der Waals surface area contributed by atoms with Gasteiger partial charge in [-0.15, -0.1) is 0 Å². The maximum atomic E-state index is 14.4. The van der Waals surface area contributed by atoms with E-state index >= 15 is 0 Å². The Hall–Kier alpha value is -4.40. The largest absolute Gasteiger partial charge is 0.444 e. The van der Waals surface area contributed by atoms with Gasteiger partial charge < -0.3 is 26.0 Å². The average molecular weight is 589 g/mol. The van der Waals surface area contributed by atoms with E-state index in [0.717, 1.165) is 21.9 Å². The Balaban J connectivity index is 2.10. The van der Waals surface area contributed by atoms with E-state index in [9.17, 15) is 19.2 Å². The van der Waals surface area contributed by atoms with Crippen molar-refractivity contribution in [3.63, 3.8) is 0 Å². The highest BCUT2D eigenvalue weighted by Crippen LogP contribution is 2.31. The quantitative estimate of drug-likeness (QED) is 0.256. The minimum atomic E-state index is -1.16. The van der Waals surface area contributed by atoms with Gasteiger partial charge in [0.05, 0.1) is 0 Å². The predicted octanol–water partition coefficient (Wildman–Crippen LogP) is 5.92. The van der Waals surface area contributed by atoms with Gasteiger partial charge in [0, 0.05) is 18.2 Å². The zero-order valence-corrected chi connectivity index (χ0v) is 26.2. The Morgan fingerprint density at radius 1 is 0.953 bits per heavy atom. The van der Waals surface area contributed by atoms with E-state index < -0.39 is 47.5 Å². The second-order valence-electron chi connectivity index (χ2n) is 12.0. The molecule has 0 fully saturated rings. The molecule has 43 heavy (non-hydrogen) atoms. The van der Waals surface area contributed by atoms with Gasteiger partial charge >= 0.3 is 6.09 Å². The molecule has 0 aromatic heterocycles. The van der Waals surface area contributed by atoms with Crippen LogP contribution in [-0.2, 0) is 19.1 Å². The van der Waals surface area contributed by atoms with Gasteiger partial charge in [-0.3, -0.25) is 14.4 Å². The lowest BCUT2D eigenvalue weighted by Gasteiger charge is -2.38. The Labute approximate surface area is 254 Å². The normalized spacial score (nSPS) is 13.5. The van der Waals surface area contributed by atoms with Gasteiger partial charge in [-0.2, -0.15) is 0 Å². The van der Waals surface area contributed by atoms with Crippen LogP contribution in [0.3, 0.4) is 0 Å². The van der Waals surface area contributed by atoms with Crippen LogP contribution in [0.15, 0.2) is 60.7 Å². The minimum Gasteiger partial charge on any atom is -0.444 e. The third-order valence-electron chi connectivity index (χ3n) is 7.26. The van der Waals surface area contributed by atoms with E-state index in [-0.39, 0.29) is 12.8 Å². The van der Waals surface area contributed by atoms with Crippen molar-refractivity contribution in [1.29, 1.82) is 0 Å². The molecule has 4 amide bonds. The first-order valence-corrected chi connectivity index (χ1v) is 14.7. The highest BCUT2D eigenvalue weighted by Gasteiger charge is 2.39.